The summed E-state index contributed by atoms with van der Waals surface area (Å²) in [7, 11) is 1.68. The molecule has 2 aromatic rings. The number of rotatable bonds is 6. The summed E-state index contributed by atoms with van der Waals surface area (Å²) in [4.78, 5) is 19.1. The first-order chi connectivity index (χ1) is 13.0. The summed E-state index contributed by atoms with van der Waals surface area (Å²) in [6.07, 6.45) is 1.47. The number of benzene rings is 1. The Kier molecular flexibility index (Phi) is 6.90. The Bertz CT molecular complexity index is 778. The third-order valence-corrected chi connectivity index (χ3v) is 5.25. The van der Waals surface area contributed by atoms with Gasteiger partial charge in [0.15, 0.2) is 12.4 Å². The molecule has 144 valence electrons. The second-order valence-corrected chi connectivity index (χ2v) is 7.58. The molecule has 0 atom stereocenters. The lowest BCUT2D eigenvalue weighted by Gasteiger charge is -2.29. The fourth-order valence-electron chi connectivity index (χ4n) is 3.25. The Balaban J connectivity index is 1.44. The molecule has 0 aliphatic carbocycles. The van der Waals surface area contributed by atoms with Crippen LogP contribution in [0.5, 0.6) is 5.75 Å². The molecule has 8 heteroatoms. The van der Waals surface area contributed by atoms with Crippen LogP contribution in [0.15, 0.2) is 36.5 Å². The monoisotopic (exact) mass is 410 g/mol. The number of aromatic nitrogens is 1. The van der Waals surface area contributed by atoms with E-state index in [0.717, 1.165) is 38.5 Å². The molecule has 0 bridgehead atoms. The maximum atomic E-state index is 12.3. The highest BCUT2D eigenvalue weighted by Crippen LogP contribution is 2.22. The number of quaternary nitrogens is 2. The van der Waals surface area contributed by atoms with Gasteiger partial charge in [-0.1, -0.05) is 23.2 Å². The van der Waals surface area contributed by atoms with Crippen LogP contribution in [0.2, 0.25) is 10.0 Å². The van der Waals surface area contributed by atoms with Gasteiger partial charge in [-0.25, -0.2) is 4.98 Å². The summed E-state index contributed by atoms with van der Waals surface area (Å²) >= 11 is 11.9. The molecule has 1 saturated heterocycles. The molecule has 3 rings (SSSR count). The SMILES string of the molecule is COc1ccc(C[NH+]2CC[NH+](CC(=O)Nc3ncc(Cl)cc3Cl)CC2)cc1. The van der Waals surface area contributed by atoms with E-state index in [1.165, 1.54) is 21.6 Å². The molecule has 0 spiro atoms. The van der Waals surface area contributed by atoms with E-state index < -0.39 is 0 Å². The van der Waals surface area contributed by atoms with Gasteiger partial charge in [-0.05, 0) is 30.3 Å². The minimum Gasteiger partial charge on any atom is -0.497 e. The lowest BCUT2D eigenvalue weighted by Crippen LogP contribution is -3.28. The third kappa shape index (κ3) is 5.81. The first kappa shape index (κ1) is 19.9. The number of anilines is 1. The molecule has 2 heterocycles. The maximum Gasteiger partial charge on any atom is 0.280 e. The highest BCUT2D eigenvalue weighted by Gasteiger charge is 2.25. The number of carbonyl (C=O) groups is 1. The highest BCUT2D eigenvalue weighted by atomic mass is 35.5. The van der Waals surface area contributed by atoms with Gasteiger partial charge in [0.2, 0.25) is 0 Å². The van der Waals surface area contributed by atoms with Crippen LogP contribution in [-0.2, 0) is 11.3 Å². The van der Waals surface area contributed by atoms with E-state index in [4.69, 9.17) is 27.9 Å². The lowest BCUT2D eigenvalue weighted by atomic mass is 10.2. The predicted molar refractivity (Wildman–Crippen MR) is 106 cm³/mol. The van der Waals surface area contributed by atoms with Gasteiger partial charge in [-0.3, -0.25) is 4.79 Å². The van der Waals surface area contributed by atoms with Crippen LogP contribution < -0.4 is 19.9 Å². The molecule has 3 N–H and O–H groups in total. The van der Waals surface area contributed by atoms with E-state index in [2.05, 4.69) is 22.4 Å². The summed E-state index contributed by atoms with van der Waals surface area (Å²) in [6.45, 7) is 5.40. The van der Waals surface area contributed by atoms with Gasteiger partial charge in [0.05, 0.1) is 17.2 Å². The maximum absolute atomic E-state index is 12.3. The zero-order valence-corrected chi connectivity index (χ0v) is 16.7. The number of hydrogen-bond acceptors (Lipinski definition) is 3. The van der Waals surface area contributed by atoms with Crippen molar-refractivity contribution in [3.63, 3.8) is 0 Å². The second kappa shape index (κ2) is 9.37. The van der Waals surface area contributed by atoms with E-state index >= 15 is 0 Å². The van der Waals surface area contributed by atoms with Gasteiger partial charge >= 0.3 is 0 Å². The number of nitrogens with one attached hydrogen (secondary N) is 3. The zero-order chi connectivity index (χ0) is 19.2. The Morgan fingerprint density at radius 3 is 2.44 bits per heavy atom. The average Bonchev–Trinajstić information content (AvgIpc) is 2.66. The van der Waals surface area contributed by atoms with Gasteiger partial charge in [-0.15, -0.1) is 0 Å². The molecule has 1 aliphatic heterocycles. The van der Waals surface area contributed by atoms with Crippen molar-refractivity contribution >= 4 is 34.9 Å². The minimum atomic E-state index is -0.0830. The molecule has 0 saturated carbocycles. The molecule has 27 heavy (non-hydrogen) atoms. The van der Waals surface area contributed by atoms with Gasteiger partial charge in [0.25, 0.3) is 5.91 Å². The largest absolute Gasteiger partial charge is 0.497 e. The molecular formula is C19H24Cl2N4O2+2. The van der Waals surface area contributed by atoms with Gasteiger partial charge in [0, 0.05) is 11.8 Å². The standard InChI is InChI=1S/C19H22Cl2N4O2/c1-27-16-4-2-14(3-5-16)12-24-6-8-25(9-7-24)13-18(26)23-19-17(21)10-15(20)11-22-19/h2-5,10-11H,6-9,12-13H2,1H3,(H,22,23,26)/p+2. The van der Waals surface area contributed by atoms with Gasteiger partial charge in [0.1, 0.15) is 38.5 Å². The van der Waals surface area contributed by atoms with Crippen LogP contribution >= 0.6 is 23.2 Å². The number of ether oxygens (including phenoxy) is 1. The lowest BCUT2D eigenvalue weighted by molar-refractivity contribution is -1.02. The van der Waals surface area contributed by atoms with Crippen LogP contribution in [0, 0.1) is 0 Å². The Morgan fingerprint density at radius 1 is 1.15 bits per heavy atom. The van der Waals surface area contributed by atoms with E-state index in [1.54, 1.807) is 13.2 Å². The molecule has 1 fully saturated rings. The van der Waals surface area contributed by atoms with E-state index in [1.807, 2.05) is 12.1 Å². The van der Waals surface area contributed by atoms with Crippen molar-refractivity contribution in [3.05, 3.63) is 52.1 Å². The summed E-state index contributed by atoms with van der Waals surface area (Å²) in [6, 6.07) is 9.79. The summed E-state index contributed by atoms with van der Waals surface area (Å²) in [5, 5.41) is 3.56. The Morgan fingerprint density at radius 2 is 1.81 bits per heavy atom. The van der Waals surface area contributed by atoms with Crippen LogP contribution in [0.3, 0.4) is 0 Å². The Hall–Kier alpha value is -1.86. The smallest absolute Gasteiger partial charge is 0.280 e. The van der Waals surface area contributed by atoms with E-state index in [9.17, 15) is 4.79 Å². The quantitative estimate of drug-likeness (QED) is 0.642. The minimum absolute atomic E-state index is 0.0830. The first-order valence-corrected chi connectivity index (χ1v) is 9.70. The van der Waals surface area contributed by atoms with Gasteiger partial charge < -0.3 is 19.9 Å². The normalized spacial score (nSPS) is 19.5. The zero-order valence-electron chi connectivity index (χ0n) is 15.2. The fraction of sp³-hybridized carbons (Fsp3) is 0.368. The number of halogens is 2. The predicted octanol–water partition coefficient (Wildman–Crippen LogP) is 0.319. The molecule has 0 unspecified atom stereocenters. The van der Waals surface area contributed by atoms with Crippen molar-refractivity contribution in [1.29, 1.82) is 0 Å². The molecule has 6 nitrogen and oxygen atoms in total. The summed E-state index contributed by atoms with van der Waals surface area (Å²) < 4.78 is 5.20. The number of methoxy groups -OCH3 is 1. The van der Waals surface area contributed by atoms with Crippen LogP contribution in [0.25, 0.3) is 0 Å². The fourth-order valence-corrected chi connectivity index (χ4v) is 3.68. The molecule has 1 aromatic heterocycles. The van der Waals surface area contributed by atoms with E-state index in [0.29, 0.717) is 22.4 Å². The summed E-state index contributed by atoms with van der Waals surface area (Å²) in [5.41, 5.74) is 1.30. The number of hydrogen-bond donors (Lipinski definition) is 3. The second-order valence-electron chi connectivity index (χ2n) is 6.73. The average molecular weight is 411 g/mol. The van der Waals surface area contributed by atoms with Crippen molar-refractivity contribution < 1.29 is 19.3 Å². The first-order valence-electron chi connectivity index (χ1n) is 8.94. The van der Waals surface area contributed by atoms with Crippen molar-refractivity contribution in [1.82, 2.24) is 4.98 Å². The molecule has 0 radical (unpaired) electrons. The number of nitrogens with zero attached hydrogens (tertiary/aromatic N) is 1. The van der Waals surface area contributed by atoms with Crippen molar-refractivity contribution in [2.24, 2.45) is 0 Å². The van der Waals surface area contributed by atoms with Crippen LogP contribution in [-0.4, -0.2) is 50.7 Å². The van der Waals surface area contributed by atoms with E-state index in [-0.39, 0.29) is 5.91 Å². The van der Waals surface area contributed by atoms with Crippen LogP contribution in [0.1, 0.15) is 5.56 Å². The molecule has 1 aliphatic rings. The molecule has 1 aromatic carbocycles. The van der Waals surface area contributed by atoms with Crippen molar-refractivity contribution in [3.8, 4) is 5.75 Å². The number of carbonyl (C=O) groups excluding carboxylic acids is 1. The topological polar surface area (TPSA) is 60.1 Å². The van der Waals surface area contributed by atoms with Crippen LogP contribution in [0.4, 0.5) is 5.82 Å². The number of piperazine rings is 1. The molecular weight excluding hydrogens is 387 g/mol. The number of pyridine rings is 1. The van der Waals surface area contributed by atoms with Gasteiger partial charge in [-0.2, -0.15) is 0 Å². The summed E-state index contributed by atoms with van der Waals surface area (Å²) in [5.74, 6) is 1.15. The highest BCUT2D eigenvalue weighted by molar-refractivity contribution is 6.36. The number of amides is 1. The molecule has 1 amide bonds. The third-order valence-electron chi connectivity index (χ3n) is 4.75. The van der Waals surface area contributed by atoms with Crippen molar-refractivity contribution in [2.45, 2.75) is 6.54 Å². The van der Waals surface area contributed by atoms with Crippen molar-refractivity contribution in [2.75, 3.05) is 45.2 Å². The Labute approximate surface area is 169 Å².